The van der Waals surface area contributed by atoms with Crippen molar-refractivity contribution in [2.45, 2.75) is 51.6 Å². The standard InChI is InChI=1S/C17H26BrClN2/c1-17(2)8-6-13(7-9-17)21(3)16(11-20)14-5-4-12(18)10-15(14)19/h4-5,10,13,16H,6-9,11,20H2,1-3H3. The van der Waals surface area contributed by atoms with E-state index < -0.39 is 0 Å². The average molecular weight is 374 g/mol. The Kier molecular flexibility index (Phi) is 5.75. The Balaban J connectivity index is 2.13. The van der Waals surface area contributed by atoms with Gasteiger partial charge in [0.1, 0.15) is 0 Å². The highest BCUT2D eigenvalue weighted by Crippen LogP contribution is 2.39. The number of benzene rings is 1. The van der Waals surface area contributed by atoms with Gasteiger partial charge in [0.25, 0.3) is 0 Å². The first-order chi connectivity index (χ1) is 9.84. The third-order valence-electron chi connectivity index (χ3n) is 4.92. The van der Waals surface area contributed by atoms with Crippen LogP contribution < -0.4 is 5.73 Å². The highest BCUT2D eigenvalue weighted by Gasteiger charge is 2.32. The molecule has 1 aromatic carbocycles. The van der Waals surface area contributed by atoms with Crippen LogP contribution in [-0.4, -0.2) is 24.5 Å². The molecule has 1 atom stereocenters. The van der Waals surface area contributed by atoms with Crippen molar-refractivity contribution in [2.75, 3.05) is 13.6 Å². The summed E-state index contributed by atoms with van der Waals surface area (Å²) in [6.45, 7) is 5.34. The summed E-state index contributed by atoms with van der Waals surface area (Å²) in [6.07, 6.45) is 5.06. The number of nitrogens with zero attached hydrogens (tertiary/aromatic N) is 1. The molecule has 0 aromatic heterocycles. The minimum absolute atomic E-state index is 0.191. The Labute approximate surface area is 142 Å². The molecule has 118 valence electrons. The van der Waals surface area contributed by atoms with Crippen molar-refractivity contribution in [3.63, 3.8) is 0 Å². The predicted molar refractivity (Wildman–Crippen MR) is 94.7 cm³/mol. The molecule has 2 N–H and O–H groups in total. The first-order valence-corrected chi connectivity index (χ1v) is 8.88. The molecule has 0 radical (unpaired) electrons. The summed E-state index contributed by atoms with van der Waals surface area (Å²) in [7, 11) is 2.19. The number of likely N-dealkylation sites (N-methyl/N-ethyl adjacent to an activating group) is 1. The maximum Gasteiger partial charge on any atom is 0.0485 e. The lowest BCUT2D eigenvalue weighted by molar-refractivity contribution is 0.0967. The first-order valence-electron chi connectivity index (χ1n) is 7.71. The molecule has 1 aromatic rings. The van der Waals surface area contributed by atoms with Gasteiger partial charge >= 0.3 is 0 Å². The van der Waals surface area contributed by atoms with Crippen molar-refractivity contribution in [2.24, 2.45) is 11.1 Å². The molecule has 1 aliphatic carbocycles. The third kappa shape index (κ3) is 4.22. The van der Waals surface area contributed by atoms with Gasteiger partial charge in [0.2, 0.25) is 0 Å². The van der Waals surface area contributed by atoms with Gasteiger partial charge in [-0.1, -0.05) is 47.4 Å². The summed E-state index contributed by atoms with van der Waals surface area (Å²) in [6, 6.07) is 6.88. The Morgan fingerprint density at radius 1 is 1.38 bits per heavy atom. The van der Waals surface area contributed by atoms with Crippen LogP contribution in [0, 0.1) is 5.41 Å². The fraction of sp³-hybridized carbons (Fsp3) is 0.647. The molecular weight excluding hydrogens is 348 g/mol. The SMILES string of the molecule is CN(C1CCC(C)(C)CC1)C(CN)c1ccc(Br)cc1Cl. The van der Waals surface area contributed by atoms with E-state index in [1.54, 1.807) is 0 Å². The van der Waals surface area contributed by atoms with E-state index in [1.165, 1.54) is 25.7 Å². The molecule has 1 unspecified atom stereocenters. The molecule has 4 heteroatoms. The van der Waals surface area contributed by atoms with Crippen molar-refractivity contribution in [1.29, 1.82) is 0 Å². The minimum Gasteiger partial charge on any atom is -0.329 e. The van der Waals surface area contributed by atoms with E-state index in [2.05, 4.69) is 47.8 Å². The second kappa shape index (κ2) is 6.99. The van der Waals surface area contributed by atoms with Gasteiger partial charge in [0.15, 0.2) is 0 Å². The van der Waals surface area contributed by atoms with Crippen LogP contribution in [0.5, 0.6) is 0 Å². The Hall–Kier alpha value is -0.0900. The van der Waals surface area contributed by atoms with Crippen LogP contribution in [0.4, 0.5) is 0 Å². The molecule has 1 aliphatic rings. The van der Waals surface area contributed by atoms with E-state index >= 15 is 0 Å². The quantitative estimate of drug-likeness (QED) is 0.804. The molecule has 0 aliphatic heterocycles. The van der Waals surface area contributed by atoms with E-state index in [0.29, 0.717) is 18.0 Å². The number of rotatable bonds is 4. The summed E-state index contributed by atoms with van der Waals surface area (Å²) in [4.78, 5) is 2.43. The second-order valence-corrected chi connectivity index (χ2v) is 8.30. The van der Waals surface area contributed by atoms with Crippen molar-refractivity contribution in [1.82, 2.24) is 4.90 Å². The van der Waals surface area contributed by atoms with Gasteiger partial charge in [0, 0.05) is 28.1 Å². The zero-order valence-corrected chi connectivity index (χ0v) is 15.5. The highest BCUT2D eigenvalue weighted by atomic mass is 79.9. The molecule has 2 rings (SSSR count). The summed E-state index contributed by atoms with van der Waals surface area (Å²) in [5.74, 6) is 0. The van der Waals surface area contributed by atoms with Crippen molar-refractivity contribution in [3.05, 3.63) is 33.3 Å². The molecule has 1 saturated carbocycles. The van der Waals surface area contributed by atoms with Crippen LogP contribution in [0.2, 0.25) is 5.02 Å². The summed E-state index contributed by atoms with van der Waals surface area (Å²) >= 11 is 9.88. The molecule has 0 amide bonds. The van der Waals surface area contributed by atoms with E-state index in [4.69, 9.17) is 17.3 Å². The van der Waals surface area contributed by atoms with Crippen LogP contribution in [0.25, 0.3) is 0 Å². The number of nitrogens with two attached hydrogens (primary N) is 1. The average Bonchev–Trinajstić information content (AvgIpc) is 2.41. The Morgan fingerprint density at radius 3 is 2.52 bits per heavy atom. The molecule has 0 heterocycles. The monoisotopic (exact) mass is 372 g/mol. The third-order valence-corrected chi connectivity index (χ3v) is 5.74. The lowest BCUT2D eigenvalue weighted by atomic mass is 9.75. The number of hydrogen-bond donors (Lipinski definition) is 1. The molecule has 2 nitrogen and oxygen atoms in total. The molecule has 0 spiro atoms. The molecule has 21 heavy (non-hydrogen) atoms. The topological polar surface area (TPSA) is 29.3 Å². The van der Waals surface area contributed by atoms with Gasteiger partial charge < -0.3 is 5.73 Å². The van der Waals surface area contributed by atoms with Crippen LogP contribution >= 0.6 is 27.5 Å². The minimum atomic E-state index is 0.191. The van der Waals surface area contributed by atoms with E-state index in [1.807, 2.05) is 12.1 Å². The smallest absolute Gasteiger partial charge is 0.0485 e. The van der Waals surface area contributed by atoms with E-state index in [9.17, 15) is 0 Å². The predicted octanol–water partition coefficient (Wildman–Crippen LogP) is 5.00. The van der Waals surface area contributed by atoms with Crippen LogP contribution in [0.1, 0.15) is 51.1 Å². The summed E-state index contributed by atoms with van der Waals surface area (Å²) < 4.78 is 1.01. The van der Waals surface area contributed by atoms with Gasteiger partial charge in [-0.25, -0.2) is 0 Å². The van der Waals surface area contributed by atoms with Gasteiger partial charge in [-0.15, -0.1) is 0 Å². The zero-order valence-electron chi connectivity index (χ0n) is 13.2. The molecule has 0 bridgehead atoms. The van der Waals surface area contributed by atoms with Crippen molar-refractivity contribution < 1.29 is 0 Å². The second-order valence-electron chi connectivity index (χ2n) is 6.98. The number of hydrogen-bond acceptors (Lipinski definition) is 2. The molecular formula is C17H26BrClN2. The maximum absolute atomic E-state index is 6.42. The van der Waals surface area contributed by atoms with Crippen LogP contribution in [-0.2, 0) is 0 Å². The van der Waals surface area contributed by atoms with Crippen molar-refractivity contribution in [3.8, 4) is 0 Å². The molecule has 0 saturated heterocycles. The fourth-order valence-corrected chi connectivity index (χ4v) is 4.13. The summed E-state index contributed by atoms with van der Waals surface area (Å²) in [5.41, 5.74) is 7.69. The first kappa shape index (κ1) is 17.3. The Bertz CT molecular complexity index is 480. The normalized spacial score (nSPS) is 20.7. The van der Waals surface area contributed by atoms with Gasteiger partial charge in [-0.05, 0) is 55.8 Å². The van der Waals surface area contributed by atoms with E-state index in [-0.39, 0.29) is 6.04 Å². The van der Waals surface area contributed by atoms with Gasteiger partial charge in [-0.2, -0.15) is 0 Å². The van der Waals surface area contributed by atoms with E-state index in [0.717, 1.165) is 15.1 Å². The number of halogens is 2. The van der Waals surface area contributed by atoms with Crippen LogP contribution in [0.3, 0.4) is 0 Å². The van der Waals surface area contributed by atoms with Crippen LogP contribution in [0.15, 0.2) is 22.7 Å². The maximum atomic E-state index is 6.42. The lowest BCUT2D eigenvalue weighted by Crippen LogP contribution is -2.41. The zero-order chi connectivity index (χ0) is 15.6. The largest absolute Gasteiger partial charge is 0.329 e. The van der Waals surface area contributed by atoms with Crippen molar-refractivity contribution >= 4 is 27.5 Å². The van der Waals surface area contributed by atoms with Gasteiger partial charge in [0.05, 0.1) is 0 Å². The summed E-state index contributed by atoms with van der Waals surface area (Å²) in [5, 5.41) is 0.794. The lowest BCUT2D eigenvalue weighted by Gasteiger charge is -2.41. The fourth-order valence-electron chi connectivity index (χ4n) is 3.33. The molecule has 1 fully saturated rings. The van der Waals surface area contributed by atoms with Gasteiger partial charge in [-0.3, -0.25) is 4.90 Å². The highest BCUT2D eigenvalue weighted by molar-refractivity contribution is 9.10. The Morgan fingerprint density at radius 2 is 2.00 bits per heavy atom.